The second-order valence-electron chi connectivity index (χ2n) is 8.23. The predicted molar refractivity (Wildman–Crippen MR) is 115 cm³/mol. The lowest BCUT2D eigenvalue weighted by Gasteiger charge is -2.38. The van der Waals surface area contributed by atoms with E-state index in [1.165, 1.54) is 0 Å². The fourth-order valence-electron chi connectivity index (χ4n) is 4.96. The highest BCUT2D eigenvalue weighted by molar-refractivity contribution is 5.94. The standard InChI is InChI=1S/C22H28N2O4.ClH/c1-14(2)24-20-6-4-3-5-15(20)11-19(21(24)26)22(27)28-18-12-16-7-8-17(13-18)23(16)9-10-25;/h3-6,11,14,16-18,25H,7-10,12-13H2,1-2H3;1H/t16-,17+,18?;. The summed E-state index contributed by atoms with van der Waals surface area (Å²) < 4.78 is 7.47. The van der Waals surface area contributed by atoms with Crippen molar-refractivity contribution in [3.63, 3.8) is 0 Å². The molecule has 2 saturated heterocycles. The van der Waals surface area contributed by atoms with Crippen molar-refractivity contribution in [3.8, 4) is 0 Å². The lowest BCUT2D eigenvalue weighted by Crippen LogP contribution is -2.47. The molecule has 2 aromatic rings. The first-order chi connectivity index (χ1) is 13.5. The SMILES string of the molecule is CC(C)n1c(=O)c(C(=O)OC2C[C@H]3CC[C@@H](C2)N3CCO)cc2ccccc21.Cl. The van der Waals surface area contributed by atoms with Gasteiger partial charge >= 0.3 is 5.97 Å². The van der Waals surface area contributed by atoms with E-state index in [1.54, 1.807) is 10.6 Å². The Morgan fingerprint density at radius 2 is 1.86 bits per heavy atom. The van der Waals surface area contributed by atoms with Gasteiger partial charge in [-0.05, 0) is 44.2 Å². The van der Waals surface area contributed by atoms with E-state index in [1.807, 2.05) is 38.1 Å². The van der Waals surface area contributed by atoms with E-state index >= 15 is 0 Å². The van der Waals surface area contributed by atoms with Gasteiger partial charge in [-0.25, -0.2) is 4.79 Å². The van der Waals surface area contributed by atoms with E-state index in [9.17, 15) is 14.7 Å². The lowest BCUT2D eigenvalue weighted by molar-refractivity contribution is -0.00935. The summed E-state index contributed by atoms with van der Waals surface area (Å²) in [7, 11) is 0. The Balaban J connectivity index is 0.00000240. The number of rotatable bonds is 5. The lowest BCUT2D eigenvalue weighted by atomic mass is 9.99. The Labute approximate surface area is 176 Å². The quantitative estimate of drug-likeness (QED) is 0.752. The number of carbonyl (C=O) groups excluding carboxylic acids is 1. The van der Waals surface area contributed by atoms with Crippen molar-refractivity contribution >= 4 is 29.3 Å². The van der Waals surface area contributed by atoms with Gasteiger partial charge in [0.15, 0.2) is 0 Å². The molecule has 2 bridgehead atoms. The van der Waals surface area contributed by atoms with Gasteiger partial charge in [-0.15, -0.1) is 12.4 Å². The molecule has 0 amide bonds. The summed E-state index contributed by atoms with van der Waals surface area (Å²) >= 11 is 0. The molecule has 3 heterocycles. The fourth-order valence-corrected chi connectivity index (χ4v) is 4.96. The van der Waals surface area contributed by atoms with Crippen molar-refractivity contribution < 1.29 is 14.6 Å². The first-order valence-electron chi connectivity index (χ1n) is 10.2. The monoisotopic (exact) mass is 420 g/mol. The molecule has 7 heteroatoms. The zero-order valence-electron chi connectivity index (χ0n) is 16.9. The van der Waals surface area contributed by atoms with Gasteiger partial charge in [0.05, 0.1) is 12.1 Å². The summed E-state index contributed by atoms with van der Waals surface area (Å²) in [5.74, 6) is -0.523. The zero-order valence-corrected chi connectivity index (χ0v) is 17.7. The molecule has 1 unspecified atom stereocenters. The highest BCUT2D eigenvalue weighted by atomic mass is 35.5. The molecular weight excluding hydrogens is 392 g/mol. The summed E-state index contributed by atoms with van der Waals surface area (Å²) in [6.45, 7) is 4.72. The number of aliphatic hydroxyl groups excluding tert-OH is 1. The Morgan fingerprint density at radius 1 is 1.21 bits per heavy atom. The van der Waals surface area contributed by atoms with Crippen LogP contribution in [0.5, 0.6) is 0 Å². The van der Waals surface area contributed by atoms with Crippen LogP contribution in [0.4, 0.5) is 0 Å². The number of fused-ring (bicyclic) bond motifs is 3. The van der Waals surface area contributed by atoms with E-state index in [0.29, 0.717) is 18.6 Å². The maximum Gasteiger partial charge on any atom is 0.344 e. The number of para-hydroxylation sites is 1. The number of aliphatic hydroxyl groups is 1. The van der Waals surface area contributed by atoms with Gasteiger partial charge < -0.3 is 14.4 Å². The van der Waals surface area contributed by atoms with Gasteiger partial charge in [0.25, 0.3) is 5.56 Å². The Hall–Kier alpha value is -1.89. The molecule has 158 valence electrons. The third-order valence-corrected chi connectivity index (χ3v) is 6.15. The normalized spacial score (nSPS) is 23.9. The zero-order chi connectivity index (χ0) is 19.8. The van der Waals surface area contributed by atoms with Crippen LogP contribution >= 0.6 is 12.4 Å². The molecule has 2 aliphatic heterocycles. The predicted octanol–water partition coefficient (Wildman–Crippen LogP) is 3.15. The number of hydrogen-bond donors (Lipinski definition) is 1. The van der Waals surface area contributed by atoms with Crippen molar-refractivity contribution in [2.45, 2.75) is 63.8 Å². The van der Waals surface area contributed by atoms with Crippen molar-refractivity contribution in [2.75, 3.05) is 13.2 Å². The molecule has 2 fully saturated rings. The first-order valence-corrected chi connectivity index (χ1v) is 10.2. The van der Waals surface area contributed by atoms with E-state index in [4.69, 9.17) is 4.74 Å². The highest BCUT2D eigenvalue weighted by Gasteiger charge is 2.41. The first kappa shape index (κ1) is 21.8. The third kappa shape index (κ3) is 4.06. The van der Waals surface area contributed by atoms with Crippen molar-refractivity contribution in [2.24, 2.45) is 0 Å². The number of piperidine rings is 1. The van der Waals surface area contributed by atoms with Crippen LogP contribution in [0.25, 0.3) is 10.9 Å². The van der Waals surface area contributed by atoms with Crippen LogP contribution in [0.15, 0.2) is 35.1 Å². The summed E-state index contributed by atoms with van der Waals surface area (Å²) in [6, 6.07) is 9.94. The summed E-state index contributed by atoms with van der Waals surface area (Å²) in [5, 5.41) is 10.1. The number of aromatic nitrogens is 1. The number of nitrogens with zero attached hydrogens (tertiary/aromatic N) is 2. The molecule has 0 radical (unpaired) electrons. The maximum atomic E-state index is 13.0. The number of carbonyl (C=O) groups is 1. The molecule has 6 nitrogen and oxygen atoms in total. The third-order valence-electron chi connectivity index (χ3n) is 6.15. The van der Waals surface area contributed by atoms with Crippen LogP contribution in [0.2, 0.25) is 0 Å². The topological polar surface area (TPSA) is 71.8 Å². The summed E-state index contributed by atoms with van der Waals surface area (Å²) in [6.07, 6.45) is 3.53. The smallest absolute Gasteiger partial charge is 0.344 e. The van der Waals surface area contributed by atoms with Gasteiger partial charge in [0, 0.05) is 37.5 Å². The van der Waals surface area contributed by atoms with Crippen molar-refractivity contribution in [3.05, 3.63) is 46.2 Å². The van der Waals surface area contributed by atoms with Crippen LogP contribution in [-0.2, 0) is 4.74 Å². The number of pyridine rings is 1. The number of halogens is 1. The van der Waals surface area contributed by atoms with Gasteiger partial charge in [0.1, 0.15) is 11.7 Å². The van der Waals surface area contributed by atoms with Gasteiger partial charge in [-0.3, -0.25) is 9.69 Å². The van der Waals surface area contributed by atoms with Crippen LogP contribution in [0.1, 0.15) is 55.9 Å². The molecule has 1 N–H and O–H groups in total. The Kier molecular flexibility index (Phi) is 6.66. The average Bonchev–Trinajstić information content (AvgIpc) is 2.90. The van der Waals surface area contributed by atoms with E-state index in [2.05, 4.69) is 4.90 Å². The minimum atomic E-state index is -0.523. The second-order valence-corrected chi connectivity index (χ2v) is 8.23. The maximum absolute atomic E-state index is 13.0. The minimum Gasteiger partial charge on any atom is -0.459 e. The fraction of sp³-hybridized carbons (Fsp3) is 0.545. The second kappa shape index (κ2) is 8.86. The van der Waals surface area contributed by atoms with Gasteiger partial charge in [-0.1, -0.05) is 18.2 Å². The van der Waals surface area contributed by atoms with Crippen LogP contribution in [0, 0.1) is 0 Å². The molecular formula is C22H29ClN2O4. The summed E-state index contributed by atoms with van der Waals surface area (Å²) in [5.41, 5.74) is 0.645. The molecule has 1 aromatic carbocycles. The Bertz CT molecular complexity index is 928. The molecule has 1 aromatic heterocycles. The highest BCUT2D eigenvalue weighted by Crippen LogP contribution is 2.36. The minimum absolute atomic E-state index is 0. The Morgan fingerprint density at radius 3 is 2.48 bits per heavy atom. The van der Waals surface area contributed by atoms with E-state index in [-0.39, 0.29) is 42.3 Å². The van der Waals surface area contributed by atoms with Crippen molar-refractivity contribution in [1.82, 2.24) is 9.47 Å². The van der Waals surface area contributed by atoms with E-state index < -0.39 is 5.97 Å². The number of esters is 1. The van der Waals surface area contributed by atoms with Crippen molar-refractivity contribution in [1.29, 1.82) is 0 Å². The average molecular weight is 421 g/mol. The largest absolute Gasteiger partial charge is 0.459 e. The van der Waals surface area contributed by atoms with Crippen LogP contribution in [-0.4, -0.2) is 51.9 Å². The van der Waals surface area contributed by atoms with Gasteiger partial charge in [-0.2, -0.15) is 0 Å². The molecule has 0 aliphatic carbocycles. The molecule has 2 aliphatic rings. The van der Waals surface area contributed by atoms with E-state index in [0.717, 1.165) is 36.6 Å². The molecule has 3 atom stereocenters. The van der Waals surface area contributed by atoms with Gasteiger partial charge in [0.2, 0.25) is 0 Å². The molecule has 4 rings (SSSR count). The molecule has 0 spiro atoms. The molecule has 0 saturated carbocycles. The summed E-state index contributed by atoms with van der Waals surface area (Å²) in [4.78, 5) is 28.3. The number of benzene rings is 1. The molecule has 29 heavy (non-hydrogen) atoms. The van der Waals surface area contributed by atoms with Crippen LogP contribution < -0.4 is 5.56 Å². The number of ether oxygens (including phenoxy) is 1. The number of hydrogen-bond acceptors (Lipinski definition) is 5. The van der Waals surface area contributed by atoms with Crippen LogP contribution in [0.3, 0.4) is 0 Å².